The van der Waals surface area contributed by atoms with Crippen molar-refractivity contribution in [1.82, 2.24) is 15.2 Å². The number of esters is 1. The monoisotopic (exact) mass is 507 g/mol. The van der Waals surface area contributed by atoms with Crippen molar-refractivity contribution in [3.8, 4) is 5.88 Å². The SMILES string of the molecule is COC(=O)[C@H]1CC[C@@H](Oc2ccc(NC(=O)c3nnc(Nc4ccc(F)c(Cl)c4)o3)c(F)n2)CC1. The Bertz CT molecular complexity index is 1230. The van der Waals surface area contributed by atoms with Crippen molar-refractivity contribution in [2.75, 3.05) is 17.7 Å². The lowest BCUT2D eigenvalue weighted by Crippen LogP contribution is -2.28. The van der Waals surface area contributed by atoms with Crippen LogP contribution in [0.4, 0.5) is 26.2 Å². The van der Waals surface area contributed by atoms with Gasteiger partial charge in [0.2, 0.25) is 11.8 Å². The highest BCUT2D eigenvalue weighted by molar-refractivity contribution is 6.31. The van der Waals surface area contributed by atoms with E-state index >= 15 is 0 Å². The summed E-state index contributed by atoms with van der Waals surface area (Å²) >= 11 is 5.72. The fourth-order valence-electron chi connectivity index (χ4n) is 3.57. The van der Waals surface area contributed by atoms with Gasteiger partial charge in [-0.25, -0.2) is 4.39 Å². The number of anilines is 3. The molecule has 1 saturated carbocycles. The van der Waals surface area contributed by atoms with E-state index in [9.17, 15) is 18.4 Å². The number of benzene rings is 1. The normalized spacial score (nSPS) is 17.5. The third kappa shape index (κ3) is 6.01. The maximum absolute atomic E-state index is 14.5. The third-order valence-electron chi connectivity index (χ3n) is 5.36. The Morgan fingerprint density at radius 2 is 1.89 bits per heavy atom. The summed E-state index contributed by atoms with van der Waals surface area (Å²) < 4.78 is 43.4. The van der Waals surface area contributed by atoms with E-state index in [2.05, 4.69) is 25.8 Å². The van der Waals surface area contributed by atoms with Crippen molar-refractivity contribution in [3.63, 3.8) is 0 Å². The number of aromatic nitrogens is 3. The number of rotatable bonds is 7. The van der Waals surface area contributed by atoms with Crippen LogP contribution in [0.3, 0.4) is 0 Å². The topological polar surface area (TPSA) is 128 Å². The number of hydrogen-bond donors (Lipinski definition) is 2. The zero-order valence-corrected chi connectivity index (χ0v) is 19.1. The second-order valence-electron chi connectivity index (χ2n) is 7.72. The summed E-state index contributed by atoms with van der Waals surface area (Å²) in [4.78, 5) is 27.7. The zero-order valence-electron chi connectivity index (χ0n) is 18.4. The van der Waals surface area contributed by atoms with Gasteiger partial charge in [0, 0.05) is 11.8 Å². The van der Waals surface area contributed by atoms with Gasteiger partial charge in [0.1, 0.15) is 11.9 Å². The molecule has 2 N–H and O–H groups in total. The van der Waals surface area contributed by atoms with Crippen molar-refractivity contribution in [3.05, 3.63) is 53.0 Å². The van der Waals surface area contributed by atoms with E-state index in [0.717, 1.165) is 6.07 Å². The minimum atomic E-state index is -0.960. The number of pyridine rings is 1. The van der Waals surface area contributed by atoms with Crippen LogP contribution >= 0.6 is 11.6 Å². The van der Waals surface area contributed by atoms with Crippen molar-refractivity contribution < 1.29 is 32.3 Å². The first-order chi connectivity index (χ1) is 16.8. The van der Waals surface area contributed by atoms with E-state index in [1.165, 1.54) is 31.4 Å². The van der Waals surface area contributed by atoms with Gasteiger partial charge in [0.05, 0.1) is 23.7 Å². The number of ether oxygens (including phenoxy) is 2. The molecule has 13 heteroatoms. The molecule has 1 aromatic carbocycles. The zero-order chi connectivity index (χ0) is 24.9. The quantitative estimate of drug-likeness (QED) is 0.350. The van der Waals surface area contributed by atoms with E-state index in [0.29, 0.717) is 31.4 Å². The van der Waals surface area contributed by atoms with Gasteiger partial charge in [0.15, 0.2) is 0 Å². The van der Waals surface area contributed by atoms with E-state index in [-0.39, 0.29) is 40.6 Å². The molecule has 10 nitrogen and oxygen atoms in total. The first-order valence-corrected chi connectivity index (χ1v) is 11.0. The minimum Gasteiger partial charge on any atom is -0.474 e. The predicted molar refractivity (Wildman–Crippen MR) is 120 cm³/mol. The Balaban J connectivity index is 1.33. The summed E-state index contributed by atoms with van der Waals surface area (Å²) in [7, 11) is 1.36. The van der Waals surface area contributed by atoms with E-state index in [1.807, 2.05) is 0 Å². The predicted octanol–water partition coefficient (Wildman–Crippen LogP) is 4.50. The summed E-state index contributed by atoms with van der Waals surface area (Å²) in [5, 5.41) is 12.1. The molecule has 184 valence electrons. The second kappa shape index (κ2) is 10.6. The van der Waals surface area contributed by atoms with Crippen LogP contribution in [0, 0.1) is 17.7 Å². The van der Waals surface area contributed by atoms with Gasteiger partial charge in [0.25, 0.3) is 0 Å². The first-order valence-electron chi connectivity index (χ1n) is 10.6. The van der Waals surface area contributed by atoms with Gasteiger partial charge in [-0.2, -0.15) is 9.37 Å². The molecule has 3 aromatic rings. The Hall–Kier alpha value is -3.80. The lowest BCUT2D eigenvalue weighted by molar-refractivity contribution is -0.147. The highest BCUT2D eigenvalue weighted by Crippen LogP contribution is 2.29. The smallest absolute Gasteiger partial charge is 0.320 e. The van der Waals surface area contributed by atoms with Crippen LogP contribution in [0.1, 0.15) is 36.4 Å². The molecule has 0 bridgehead atoms. The lowest BCUT2D eigenvalue weighted by atomic mass is 9.87. The van der Waals surface area contributed by atoms with Crippen LogP contribution in [-0.4, -0.2) is 40.3 Å². The Morgan fingerprint density at radius 1 is 1.11 bits per heavy atom. The van der Waals surface area contributed by atoms with Gasteiger partial charge in [-0.15, -0.1) is 5.10 Å². The second-order valence-corrected chi connectivity index (χ2v) is 8.13. The summed E-state index contributed by atoms with van der Waals surface area (Å²) in [5.41, 5.74) is 0.145. The Morgan fingerprint density at radius 3 is 2.57 bits per heavy atom. The van der Waals surface area contributed by atoms with Crippen molar-refractivity contribution >= 4 is 40.9 Å². The molecule has 35 heavy (non-hydrogen) atoms. The van der Waals surface area contributed by atoms with Gasteiger partial charge >= 0.3 is 23.8 Å². The summed E-state index contributed by atoms with van der Waals surface area (Å²) in [5.74, 6) is -3.20. The minimum absolute atomic E-state index is 0.0595. The molecule has 1 aliphatic rings. The molecule has 1 aliphatic carbocycles. The molecule has 0 unspecified atom stereocenters. The fraction of sp³-hybridized carbons (Fsp3) is 0.318. The number of hydrogen-bond acceptors (Lipinski definition) is 9. The molecular weight excluding hydrogens is 488 g/mol. The number of halogens is 3. The molecule has 2 aromatic heterocycles. The first kappa shape index (κ1) is 24.3. The molecule has 4 rings (SSSR count). The number of nitrogens with zero attached hydrogens (tertiary/aromatic N) is 3. The van der Waals surface area contributed by atoms with Crippen LogP contribution in [-0.2, 0) is 9.53 Å². The van der Waals surface area contributed by atoms with Gasteiger partial charge < -0.3 is 24.5 Å². The molecule has 0 radical (unpaired) electrons. The van der Waals surface area contributed by atoms with Crippen molar-refractivity contribution in [1.29, 1.82) is 0 Å². The number of nitrogens with one attached hydrogen (secondary N) is 2. The molecule has 1 fully saturated rings. The third-order valence-corrected chi connectivity index (χ3v) is 5.65. The average molecular weight is 508 g/mol. The summed E-state index contributed by atoms with van der Waals surface area (Å²) in [6.07, 6.45) is 2.24. The van der Waals surface area contributed by atoms with Crippen LogP contribution in [0.5, 0.6) is 5.88 Å². The maximum atomic E-state index is 14.5. The molecule has 1 amide bonds. The number of carbonyl (C=O) groups is 2. The van der Waals surface area contributed by atoms with Crippen LogP contribution in [0.2, 0.25) is 5.02 Å². The van der Waals surface area contributed by atoms with Crippen molar-refractivity contribution in [2.45, 2.75) is 31.8 Å². The van der Waals surface area contributed by atoms with Gasteiger partial charge in [-0.3, -0.25) is 9.59 Å². The Labute approximate surface area is 203 Å². The highest BCUT2D eigenvalue weighted by atomic mass is 35.5. The van der Waals surface area contributed by atoms with Crippen LogP contribution in [0.25, 0.3) is 0 Å². The fourth-order valence-corrected chi connectivity index (χ4v) is 3.75. The maximum Gasteiger partial charge on any atom is 0.320 e. The van der Waals surface area contributed by atoms with Crippen molar-refractivity contribution in [2.24, 2.45) is 5.92 Å². The van der Waals surface area contributed by atoms with Crippen LogP contribution in [0.15, 0.2) is 34.7 Å². The molecule has 0 atom stereocenters. The number of amides is 1. The van der Waals surface area contributed by atoms with Gasteiger partial charge in [-0.05, 0) is 49.9 Å². The largest absolute Gasteiger partial charge is 0.474 e. The van der Waals surface area contributed by atoms with Crippen LogP contribution < -0.4 is 15.4 Å². The highest BCUT2D eigenvalue weighted by Gasteiger charge is 2.28. The Kier molecular flexibility index (Phi) is 7.39. The van der Waals surface area contributed by atoms with Gasteiger partial charge in [-0.1, -0.05) is 16.7 Å². The number of methoxy groups -OCH3 is 1. The van der Waals surface area contributed by atoms with E-state index < -0.39 is 23.6 Å². The van der Waals surface area contributed by atoms with E-state index in [1.54, 1.807) is 0 Å². The summed E-state index contributed by atoms with van der Waals surface area (Å²) in [6.45, 7) is 0. The standard InChI is InChI=1S/C22H20ClF2N5O5/c1-33-21(32)11-2-5-13(6-3-11)34-17-9-8-16(18(25)28-17)27-19(31)20-29-30-22(35-20)26-12-4-7-15(24)14(23)10-12/h4,7-11,13H,2-3,5-6H2,1H3,(H,26,30)(H,27,31)/t11-,13+. The number of carbonyl (C=O) groups excluding carboxylic acids is 2. The van der Waals surface area contributed by atoms with E-state index in [4.69, 9.17) is 25.5 Å². The summed E-state index contributed by atoms with van der Waals surface area (Å²) in [6, 6.07) is 6.40. The molecule has 0 spiro atoms. The lowest BCUT2D eigenvalue weighted by Gasteiger charge is -2.27. The molecule has 0 aliphatic heterocycles. The molecular formula is C22H20ClF2N5O5. The molecule has 0 saturated heterocycles. The molecule has 2 heterocycles. The average Bonchev–Trinajstić information content (AvgIpc) is 3.32.